The van der Waals surface area contributed by atoms with E-state index in [2.05, 4.69) is 12.2 Å². The molecule has 2 fully saturated rings. The van der Waals surface area contributed by atoms with Crippen LogP contribution in [0.4, 0.5) is 4.79 Å². The summed E-state index contributed by atoms with van der Waals surface area (Å²) in [6.07, 6.45) is 7.07. The van der Waals surface area contributed by atoms with Crippen molar-refractivity contribution in [1.82, 2.24) is 10.2 Å². The molecular weight excluding hydrogens is 244 g/mol. The normalized spacial score (nSPS) is 26.8. The van der Waals surface area contributed by atoms with Crippen LogP contribution in [0.3, 0.4) is 0 Å². The lowest BCUT2D eigenvalue weighted by molar-refractivity contribution is -0.143. The van der Waals surface area contributed by atoms with Crippen LogP contribution in [0.5, 0.6) is 0 Å². The van der Waals surface area contributed by atoms with E-state index >= 15 is 0 Å². The number of hydrogen-bond donors (Lipinski definition) is 2. The van der Waals surface area contributed by atoms with E-state index < -0.39 is 11.9 Å². The van der Waals surface area contributed by atoms with Crippen molar-refractivity contribution in [2.24, 2.45) is 5.92 Å². The highest BCUT2D eigenvalue weighted by Gasteiger charge is 2.33. The third-order valence-corrected chi connectivity index (χ3v) is 4.42. The minimum absolute atomic E-state index is 0.0876. The van der Waals surface area contributed by atoms with Gasteiger partial charge in [-0.1, -0.05) is 19.3 Å². The maximum absolute atomic E-state index is 12.3. The van der Waals surface area contributed by atoms with E-state index in [0.717, 1.165) is 32.1 Å². The first-order valence-electron chi connectivity index (χ1n) is 7.30. The van der Waals surface area contributed by atoms with Gasteiger partial charge in [-0.25, -0.2) is 4.79 Å². The molecule has 0 aromatic rings. The number of rotatable bonds is 2. The van der Waals surface area contributed by atoms with Gasteiger partial charge < -0.3 is 15.3 Å². The van der Waals surface area contributed by atoms with Gasteiger partial charge in [0, 0.05) is 18.6 Å². The highest BCUT2D eigenvalue weighted by Crippen LogP contribution is 2.28. The number of carboxylic acids is 1. The number of nitrogens with one attached hydrogen (secondary N) is 1. The molecule has 5 heteroatoms. The van der Waals surface area contributed by atoms with Gasteiger partial charge >= 0.3 is 12.0 Å². The van der Waals surface area contributed by atoms with Crippen molar-refractivity contribution in [3.63, 3.8) is 0 Å². The number of aliphatic carboxylic acids is 1. The lowest BCUT2D eigenvalue weighted by atomic mass is 9.83. The highest BCUT2D eigenvalue weighted by atomic mass is 16.4. The SMILES string of the molecule is CC1(NC(=O)N2CCC[C@@H](C(=O)O)C2)CCCCC1. The summed E-state index contributed by atoms with van der Waals surface area (Å²) in [5.41, 5.74) is -0.106. The summed E-state index contributed by atoms with van der Waals surface area (Å²) in [6, 6.07) is -0.0876. The van der Waals surface area contributed by atoms with Crippen LogP contribution in [0, 0.1) is 5.92 Å². The third kappa shape index (κ3) is 3.61. The van der Waals surface area contributed by atoms with Crippen LogP contribution in [0.15, 0.2) is 0 Å². The van der Waals surface area contributed by atoms with Crippen LogP contribution < -0.4 is 5.32 Å². The molecule has 1 saturated heterocycles. The van der Waals surface area contributed by atoms with E-state index in [9.17, 15) is 9.59 Å². The van der Waals surface area contributed by atoms with Crippen molar-refractivity contribution in [1.29, 1.82) is 0 Å². The summed E-state index contributed by atoms with van der Waals surface area (Å²) in [5, 5.41) is 12.2. The van der Waals surface area contributed by atoms with Gasteiger partial charge in [-0.2, -0.15) is 0 Å². The van der Waals surface area contributed by atoms with Crippen molar-refractivity contribution in [2.45, 2.75) is 57.4 Å². The number of piperidine rings is 1. The monoisotopic (exact) mass is 268 g/mol. The van der Waals surface area contributed by atoms with E-state index in [-0.39, 0.29) is 11.6 Å². The molecule has 19 heavy (non-hydrogen) atoms. The summed E-state index contributed by atoms with van der Waals surface area (Å²) >= 11 is 0. The molecule has 5 nitrogen and oxygen atoms in total. The van der Waals surface area contributed by atoms with Crippen molar-refractivity contribution in [3.8, 4) is 0 Å². The van der Waals surface area contributed by atoms with Gasteiger partial charge in [0.15, 0.2) is 0 Å². The first-order chi connectivity index (χ1) is 9.00. The van der Waals surface area contributed by atoms with Crippen LogP contribution >= 0.6 is 0 Å². The Balaban J connectivity index is 1.90. The summed E-state index contributed by atoms with van der Waals surface area (Å²) in [6.45, 7) is 3.12. The average Bonchev–Trinajstić information content (AvgIpc) is 2.39. The second-order valence-electron chi connectivity index (χ2n) is 6.17. The third-order valence-electron chi connectivity index (χ3n) is 4.42. The van der Waals surface area contributed by atoms with Crippen LogP contribution in [0.25, 0.3) is 0 Å². The summed E-state index contributed by atoms with van der Waals surface area (Å²) < 4.78 is 0. The number of carboxylic acid groups (broad SMARTS) is 1. The summed E-state index contributed by atoms with van der Waals surface area (Å²) in [4.78, 5) is 24.9. The number of hydrogen-bond acceptors (Lipinski definition) is 2. The van der Waals surface area contributed by atoms with E-state index in [1.807, 2.05) is 0 Å². The number of amides is 2. The van der Waals surface area contributed by atoms with Gasteiger partial charge in [-0.3, -0.25) is 4.79 Å². The average molecular weight is 268 g/mol. The molecule has 1 atom stereocenters. The molecule has 0 aromatic carbocycles. The topological polar surface area (TPSA) is 69.6 Å². The molecule has 0 unspecified atom stereocenters. The highest BCUT2D eigenvalue weighted by molar-refractivity contribution is 5.77. The van der Waals surface area contributed by atoms with E-state index in [1.54, 1.807) is 4.90 Å². The number of urea groups is 1. The smallest absolute Gasteiger partial charge is 0.317 e. The van der Waals surface area contributed by atoms with Gasteiger partial charge in [0.1, 0.15) is 0 Å². The Bertz CT molecular complexity index is 351. The molecule has 0 aromatic heterocycles. The first kappa shape index (κ1) is 14.2. The maximum atomic E-state index is 12.3. The Morgan fingerprint density at radius 2 is 1.89 bits per heavy atom. The number of nitrogens with zero attached hydrogens (tertiary/aromatic N) is 1. The standard InChI is InChI=1S/C14H24N2O3/c1-14(7-3-2-4-8-14)15-13(19)16-9-5-6-11(10-16)12(17)18/h11H,2-10H2,1H3,(H,15,19)(H,17,18)/t11-/m1/s1. The minimum atomic E-state index is -0.790. The lowest BCUT2D eigenvalue weighted by Crippen LogP contribution is -2.54. The van der Waals surface area contributed by atoms with Crippen molar-refractivity contribution in [3.05, 3.63) is 0 Å². The molecule has 0 radical (unpaired) electrons. The van der Waals surface area contributed by atoms with Crippen molar-refractivity contribution >= 4 is 12.0 Å². The second kappa shape index (κ2) is 5.80. The zero-order valence-electron chi connectivity index (χ0n) is 11.7. The van der Waals surface area contributed by atoms with Crippen LogP contribution in [-0.4, -0.2) is 40.6 Å². The molecule has 2 rings (SSSR count). The predicted molar refractivity (Wildman–Crippen MR) is 72.0 cm³/mol. The molecular formula is C14H24N2O3. The Hall–Kier alpha value is -1.26. The van der Waals surface area contributed by atoms with Gasteiger partial charge in [-0.15, -0.1) is 0 Å². The number of carbonyl (C=O) groups is 2. The minimum Gasteiger partial charge on any atom is -0.481 e. The summed E-state index contributed by atoms with van der Waals surface area (Å²) in [7, 11) is 0. The van der Waals surface area contributed by atoms with E-state index in [0.29, 0.717) is 19.5 Å². The molecule has 2 amide bonds. The Morgan fingerprint density at radius 3 is 2.53 bits per heavy atom. The Morgan fingerprint density at radius 1 is 1.21 bits per heavy atom. The largest absolute Gasteiger partial charge is 0.481 e. The van der Waals surface area contributed by atoms with Crippen molar-refractivity contribution < 1.29 is 14.7 Å². The molecule has 2 aliphatic rings. The van der Waals surface area contributed by atoms with Gasteiger partial charge in [0.2, 0.25) is 0 Å². The predicted octanol–water partition coefficient (Wildman–Crippen LogP) is 2.22. The fourth-order valence-electron chi connectivity index (χ4n) is 3.16. The van der Waals surface area contributed by atoms with Gasteiger partial charge in [-0.05, 0) is 32.6 Å². The van der Waals surface area contributed by atoms with E-state index in [1.165, 1.54) is 6.42 Å². The van der Waals surface area contributed by atoms with Crippen LogP contribution in [0.1, 0.15) is 51.9 Å². The zero-order chi connectivity index (χ0) is 13.9. The molecule has 108 valence electrons. The maximum Gasteiger partial charge on any atom is 0.317 e. The summed E-state index contributed by atoms with van der Waals surface area (Å²) in [5.74, 6) is -1.19. The van der Waals surface area contributed by atoms with Gasteiger partial charge in [0.05, 0.1) is 5.92 Å². The van der Waals surface area contributed by atoms with Crippen LogP contribution in [0.2, 0.25) is 0 Å². The molecule has 1 aliphatic heterocycles. The fourth-order valence-corrected chi connectivity index (χ4v) is 3.16. The molecule has 2 N–H and O–H groups in total. The van der Waals surface area contributed by atoms with Gasteiger partial charge in [0.25, 0.3) is 0 Å². The quantitative estimate of drug-likeness (QED) is 0.806. The molecule has 0 spiro atoms. The first-order valence-corrected chi connectivity index (χ1v) is 7.30. The number of carbonyl (C=O) groups excluding carboxylic acids is 1. The lowest BCUT2D eigenvalue weighted by Gasteiger charge is -2.38. The molecule has 1 aliphatic carbocycles. The van der Waals surface area contributed by atoms with Crippen LogP contribution in [-0.2, 0) is 4.79 Å². The Kier molecular flexibility index (Phi) is 4.32. The van der Waals surface area contributed by atoms with Crippen molar-refractivity contribution in [2.75, 3.05) is 13.1 Å². The molecule has 1 heterocycles. The second-order valence-corrected chi connectivity index (χ2v) is 6.17. The molecule has 1 saturated carbocycles. The van der Waals surface area contributed by atoms with E-state index in [4.69, 9.17) is 5.11 Å². The Labute approximate surface area is 114 Å². The zero-order valence-corrected chi connectivity index (χ0v) is 11.7. The molecule has 0 bridgehead atoms. The fraction of sp³-hybridized carbons (Fsp3) is 0.857. The number of likely N-dealkylation sites (tertiary alicyclic amines) is 1.